The van der Waals surface area contributed by atoms with Crippen LogP contribution in [0.15, 0.2) is 40.2 Å². The Labute approximate surface area is 162 Å². The van der Waals surface area contributed by atoms with Crippen molar-refractivity contribution in [3.63, 3.8) is 0 Å². The van der Waals surface area contributed by atoms with Crippen LogP contribution in [0.4, 0.5) is 5.69 Å². The first-order valence-corrected chi connectivity index (χ1v) is 9.03. The lowest BCUT2D eigenvalue weighted by atomic mass is 10.1. The zero-order valence-corrected chi connectivity index (χ0v) is 15.5. The van der Waals surface area contributed by atoms with Gasteiger partial charge in [-0.15, -0.1) is 11.3 Å². The maximum absolute atomic E-state index is 12.1. The maximum Gasteiger partial charge on any atom is 0.316 e. The van der Waals surface area contributed by atoms with Crippen molar-refractivity contribution in [2.45, 2.75) is 6.92 Å². The van der Waals surface area contributed by atoms with Crippen LogP contribution in [-0.2, 0) is 0 Å². The summed E-state index contributed by atoms with van der Waals surface area (Å²) >= 11 is 1.32. The number of hydrogen-bond donors (Lipinski definition) is 2. The highest BCUT2D eigenvalue weighted by atomic mass is 32.1. The quantitative estimate of drug-likeness (QED) is 0.351. The minimum atomic E-state index is -0.604. The molecule has 0 bridgehead atoms. The Hall–Kier alpha value is -3.60. The molecule has 2 N–H and O–H groups in total. The van der Waals surface area contributed by atoms with Crippen LogP contribution in [-0.4, -0.2) is 40.0 Å². The third kappa shape index (κ3) is 4.20. The molecule has 0 saturated carbocycles. The van der Waals surface area contributed by atoms with Crippen molar-refractivity contribution in [2.24, 2.45) is 0 Å². The first kappa shape index (κ1) is 19.2. The molecule has 144 valence electrons. The van der Waals surface area contributed by atoms with E-state index >= 15 is 0 Å². The van der Waals surface area contributed by atoms with Gasteiger partial charge in [-0.05, 0) is 18.4 Å². The molecule has 0 aliphatic heterocycles. The molecule has 0 aliphatic carbocycles. The molecule has 0 unspecified atom stereocenters. The van der Waals surface area contributed by atoms with E-state index in [0.29, 0.717) is 16.0 Å². The normalized spacial score (nSPS) is 10.5. The largest absolute Gasteiger partial charge is 0.350 e. The number of carbonyl (C=O) groups excluding carboxylic acids is 2. The molecule has 1 aromatic carbocycles. The molecule has 10 nitrogen and oxygen atoms in total. The second kappa shape index (κ2) is 8.39. The highest BCUT2D eigenvalue weighted by molar-refractivity contribution is 7.12. The molecule has 0 aliphatic rings. The second-order valence-electron chi connectivity index (χ2n) is 5.62. The average molecular weight is 401 g/mol. The molecule has 3 rings (SSSR count). The maximum atomic E-state index is 12.1. The van der Waals surface area contributed by atoms with Gasteiger partial charge in [0.2, 0.25) is 5.82 Å². The van der Waals surface area contributed by atoms with Crippen LogP contribution >= 0.6 is 11.3 Å². The monoisotopic (exact) mass is 401 g/mol. The zero-order chi connectivity index (χ0) is 20.1. The number of amides is 2. The molecule has 3 aromatic rings. The van der Waals surface area contributed by atoms with Crippen LogP contribution in [0, 0.1) is 17.0 Å². The van der Waals surface area contributed by atoms with Crippen molar-refractivity contribution < 1.29 is 19.0 Å². The predicted octanol–water partition coefficient (Wildman–Crippen LogP) is 2.17. The van der Waals surface area contributed by atoms with Crippen molar-refractivity contribution in [3.05, 3.63) is 62.2 Å². The van der Waals surface area contributed by atoms with E-state index in [0.717, 1.165) is 0 Å². The van der Waals surface area contributed by atoms with Gasteiger partial charge < -0.3 is 15.2 Å². The first-order valence-electron chi connectivity index (χ1n) is 8.15. The minimum absolute atomic E-state index is 0.0743. The molecule has 0 saturated heterocycles. The molecule has 0 atom stereocenters. The Morgan fingerprint density at radius 3 is 2.61 bits per heavy atom. The Balaban J connectivity index is 1.58. The summed E-state index contributed by atoms with van der Waals surface area (Å²) in [5, 5.41) is 21.8. The number of nitro benzene ring substituents is 1. The Morgan fingerprint density at radius 1 is 1.18 bits per heavy atom. The summed E-state index contributed by atoms with van der Waals surface area (Å²) in [7, 11) is 0. The van der Waals surface area contributed by atoms with Crippen molar-refractivity contribution in [2.75, 3.05) is 13.1 Å². The molecule has 0 spiro atoms. The number of nitrogens with zero attached hydrogens (tertiary/aromatic N) is 3. The van der Waals surface area contributed by atoms with Gasteiger partial charge in [0, 0.05) is 30.3 Å². The fraction of sp³-hybridized carbons (Fsp3) is 0.176. The van der Waals surface area contributed by atoms with Crippen LogP contribution < -0.4 is 10.6 Å². The van der Waals surface area contributed by atoms with Gasteiger partial charge in [0.25, 0.3) is 11.6 Å². The number of thiophene rings is 1. The van der Waals surface area contributed by atoms with E-state index in [2.05, 4.69) is 20.8 Å². The Kier molecular flexibility index (Phi) is 5.75. The molecule has 28 heavy (non-hydrogen) atoms. The van der Waals surface area contributed by atoms with E-state index in [1.165, 1.54) is 23.5 Å². The highest BCUT2D eigenvalue weighted by Gasteiger charge is 2.20. The van der Waals surface area contributed by atoms with Crippen molar-refractivity contribution >= 4 is 28.8 Å². The van der Waals surface area contributed by atoms with Gasteiger partial charge in [0.15, 0.2) is 0 Å². The molecular weight excluding hydrogens is 386 g/mol. The predicted molar refractivity (Wildman–Crippen MR) is 100 cm³/mol. The number of rotatable bonds is 7. The number of nitrogens with one attached hydrogen (secondary N) is 2. The number of hydrogen-bond acceptors (Lipinski definition) is 8. The third-order valence-corrected chi connectivity index (χ3v) is 4.67. The average Bonchev–Trinajstić information content (AvgIpc) is 3.36. The van der Waals surface area contributed by atoms with E-state index in [-0.39, 0.29) is 36.4 Å². The van der Waals surface area contributed by atoms with Gasteiger partial charge in [-0.25, -0.2) is 0 Å². The van der Waals surface area contributed by atoms with Gasteiger partial charge >= 0.3 is 11.8 Å². The summed E-state index contributed by atoms with van der Waals surface area (Å²) in [5.41, 5.74) is 0.701. The van der Waals surface area contributed by atoms with Crippen molar-refractivity contribution in [1.29, 1.82) is 0 Å². The Bertz CT molecular complexity index is 1010. The fourth-order valence-electron chi connectivity index (χ4n) is 2.41. The summed E-state index contributed by atoms with van der Waals surface area (Å²) in [6.45, 7) is 1.97. The van der Waals surface area contributed by atoms with Gasteiger partial charge in [0.05, 0.1) is 9.80 Å². The van der Waals surface area contributed by atoms with Crippen LogP contribution in [0.5, 0.6) is 0 Å². The third-order valence-electron chi connectivity index (χ3n) is 3.80. The van der Waals surface area contributed by atoms with E-state index in [4.69, 9.17) is 4.52 Å². The fourth-order valence-corrected chi connectivity index (χ4v) is 3.05. The van der Waals surface area contributed by atoms with E-state index < -0.39 is 10.8 Å². The van der Waals surface area contributed by atoms with Crippen LogP contribution in [0.1, 0.15) is 25.9 Å². The van der Waals surface area contributed by atoms with E-state index in [1.54, 1.807) is 30.5 Å². The number of nitro groups is 1. The SMILES string of the molecule is Cc1c(-c2noc(C(=O)NCCNC(=O)c3cccs3)n2)cccc1[N+](=O)[O-]. The van der Waals surface area contributed by atoms with Crippen LogP contribution in [0.2, 0.25) is 0 Å². The molecule has 2 aromatic heterocycles. The zero-order valence-electron chi connectivity index (χ0n) is 14.7. The van der Waals surface area contributed by atoms with Crippen LogP contribution in [0.25, 0.3) is 11.4 Å². The van der Waals surface area contributed by atoms with Crippen molar-refractivity contribution in [1.82, 2.24) is 20.8 Å². The lowest BCUT2D eigenvalue weighted by Gasteiger charge is -2.04. The van der Waals surface area contributed by atoms with Gasteiger partial charge in [0.1, 0.15) is 0 Å². The summed E-state index contributed by atoms with van der Waals surface area (Å²) in [6, 6.07) is 7.96. The summed E-state index contributed by atoms with van der Waals surface area (Å²) in [5.74, 6) is -1.01. The molecule has 2 heterocycles. The molecule has 0 radical (unpaired) electrons. The van der Waals surface area contributed by atoms with Gasteiger partial charge in [-0.2, -0.15) is 4.98 Å². The summed E-state index contributed by atoms with van der Waals surface area (Å²) < 4.78 is 4.94. The second-order valence-corrected chi connectivity index (χ2v) is 6.57. The summed E-state index contributed by atoms with van der Waals surface area (Å²) in [4.78, 5) is 39.0. The topological polar surface area (TPSA) is 140 Å². The highest BCUT2D eigenvalue weighted by Crippen LogP contribution is 2.27. The first-order chi connectivity index (χ1) is 13.5. The molecule has 11 heteroatoms. The number of benzene rings is 1. The number of aromatic nitrogens is 2. The molecule has 2 amide bonds. The van der Waals surface area contributed by atoms with E-state index in [1.807, 2.05) is 0 Å². The standard InChI is InChI=1S/C17H15N5O5S/c1-10-11(4-2-5-12(10)22(25)26)14-20-17(27-21-14)16(24)19-8-7-18-15(23)13-6-3-9-28-13/h2-6,9H,7-8H2,1H3,(H,18,23)(H,19,24). The van der Waals surface area contributed by atoms with Gasteiger partial charge in [-0.3, -0.25) is 19.7 Å². The Morgan fingerprint density at radius 2 is 1.93 bits per heavy atom. The molecule has 0 fully saturated rings. The smallest absolute Gasteiger partial charge is 0.316 e. The summed E-state index contributed by atoms with van der Waals surface area (Å²) in [6.07, 6.45) is 0. The lowest BCUT2D eigenvalue weighted by Crippen LogP contribution is -2.34. The van der Waals surface area contributed by atoms with E-state index in [9.17, 15) is 19.7 Å². The minimum Gasteiger partial charge on any atom is -0.350 e. The number of carbonyl (C=O) groups is 2. The molecular formula is C17H15N5O5S. The lowest BCUT2D eigenvalue weighted by molar-refractivity contribution is -0.385. The van der Waals surface area contributed by atoms with Gasteiger partial charge in [-0.1, -0.05) is 23.4 Å². The van der Waals surface area contributed by atoms with Crippen LogP contribution in [0.3, 0.4) is 0 Å². The van der Waals surface area contributed by atoms with Crippen molar-refractivity contribution in [3.8, 4) is 11.4 Å².